The fraction of sp³-hybridized carbons (Fsp3) is 0.389. The Hall–Kier alpha value is -2.61. The molecule has 0 spiro atoms. The summed E-state index contributed by atoms with van der Waals surface area (Å²) in [4.78, 5) is 23.5. The third-order valence-electron chi connectivity index (χ3n) is 3.75. The molecular formula is C18H22N2O5S. The van der Waals surface area contributed by atoms with E-state index in [1.165, 1.54) is 6.07 Å². The minimum absolute atomic E-state index is 0.0320. The number of benzene rings is 1. The average Bonchev–Trinajstić information content (AvgIpc) is 3.02. The number of methoxy groups -OCH3 is 1. The van der Waals surface area contributed by atoms with Gasteiger partial charge in [0.25, 0.3) is 11.6 Å². The Bertz CT molecular complexity index is 788. The van der Waals surface area contributed by atoms with Crippen molar-refractivity contribution >= 4 is 22.9 Å². The summed E-state index contributed by atoms with van der Waals surface area (Å²) in [6.45, 7) is 4.63. The van der Waals surface area contributed by atoms with Crippen LogP contribution in [-0.2, 0) is 6.54 Å². The minimum Gasteiger partial charge on any atom is -0.493 e. The van der Waals surface area contributed by atoms with E-state index in [-0.39, 0.29) is 18.1 Å². The Morgan fingerprint density at radius 2 is 2.08 bits per heavy atom. The largest absolute Gasteiger partial charge is 0.493 e. The van der Waals surface area contributed by atoms with Crippen LogP contribution in [0.4, 0.5) is 5.69 Å². The summed E-state index contributed by atoms with van der Waals surface area (Å²) < 4.78 is 11.0. The van der Waals surface area contributed by atoms with E-state index in [0.29, 0.717) is 27.9 Å². The summed E-state index contributed by atoms with van der Waals surface area (Å²) in [5, 5.41) is 13.7. The van der Waals surface area contributed by atoms with E-state index < -0.39 is 4.92 Å². The standard InChI is InChI=1S/C18H22N2O5S/c1-4-5-8-25-15-7-6-13(9-16(15)24-3)11-19-18(21)17-10-14(20(22)23)12(2)26-17/h6-7,9-10H,4-5,8,11H2,1-3H3,(H,19,21). The van der Waals surface area contributed by atoms with Crippen LogP contribution in [0.5, 0.6) is 11.5 Å². The van der Waals surface area contributed by atoms with Gasteiger partial charge in [-0.25, -0.2) is 0 Å². The Labute approximate surface area is 156 Å². The Morgan fingerprint density at radius 3 is 2.69 bits per heavy atom. The first-order valence-electron chi connectivity index (χ1n) is 8.29. The molecular weight excluding hydrogens is 356 g/mol. The molecule has 0 saturated heterocycles. The number of nitro groups is 1. The van der Waals surface area contributed by atoms with Crippen LogP contribution in [0, 0.1) is 17.0 Å². The lowest BCUT2D eigenvalue weighted by atomic mass is 10.2. The van der Waals surface area contributed by atoms with Crippen molar-refractivity contribution in [3.63, 3.8) is 0 Å². The molecule has 1 heterocycles. The summed E-state index contributed by atoms with van der Waals surface area (Å²) >= 11 is 1.11. The number of amides is 1. The zero-order chi connectivity index (χ0) is 19.1. The Balaban J connectivity index is 2.01. The smallest absolute Gasteiger partial charge is 0.283 e. The summed E-state index contributed by atoms with van der Waals surface area (Å²) in [6, 6.07) is 6.78. The quantitative estimate of drug-likeness (QED) is 0.403. The van der Waals surface area contributed by atoms with Gasteiger partial charge in [0.2, 0.25) is 0 Å². The number of nitrogens with one attached hydrogen (secondary N) is 1. The van der Waals surface area contributed by atoms with Crippen molar-refractivity contribution in [2.75, 3.05) is 13.7 Å². The zero-order valence-corrected chi connectivity index (χ0v) is 15.9. The van der Waals surface area contributed by atoms with Gasteiger partial charge in [-0.2, -0.15) is 0 Å². The lowest BCUT2D eigenvalue weighted by Crippen LogP contribution is -2.21. The molecule has 26 heavy (non-hydrogen) atoms. The first-order chi connectivity index (χ1) is 12.5. The number of carbonyl (C=O) groups excluding carboxylic acids is 1. The number of nitrogens with zero attached hydrogens (tertiary/aromatic N) is 1. The summed E-state index contributed by atoms with van der Waals surface area (Å²) in [5.41, 5.74) is 0.816. The van der Waals surface area contributed by atoms with Crippen LogP contribution in [0.1, 0.15) is 39.9 Å². The van der Waals surface area contributed by atoms with Crippen molar-refractivity contribution in [1.82, 2.24) is 5.32 Å². The highest BCUT2D eigenvalue weighted by Crippen LogP contribution is 2.29. The highest BCUT2D eigenvalue weighted by molar-refractivity contribution is 7.14. The molecule has 2 aromatic rings. The molecule has 0 aliphatic heterocycles. The van der Waals surface area contributed by atoms with Gasteiger partial charge in [0.05, 0.1) is 28.4 Å². The van der Waals surface area contributed by atoms with Crippen molar-refractivity contribution in [2.45, 2.75) is 33.2 Å². The molecule has 140 valence electrons. The number of hydrogen-bond acceptors (Lipinski definition) is 6. The number of hydrogen-bond donors (Lipinski definition) is 1. The molecule has 7 nitrogen and oxygen atoms in total. The molecule has 1 aromatic heterocycles. The fourth-order valence-corrected chi connectivity index (χ4v) is 3.21. The van der Waals surface area contributed by atoms with E-state index in [2.05, 4.69) is 12.2 Å². The zero-order valence-electron chi connectivity index (χ0n) is 15.0. The van der Waals surface area contributed by atoms with Crippen LogP contribution in [-0.4, -0.2) is 24.5 Å². The maximum absolute atomic E-state index is 12.2. The van der Waals surface area contributed by atoms with Crippen LogP contribution in [0.2, 0.25) is 0 Å². The van der Waals surface area contributed by atoms with Crippen LogP contribution in [0.15, 0.2) is 24.3 Å². The van der Waals surface area contributed by atoms with Gasteiger partial charge < -0.3 is 14.8 Å². The number of aryl methyl sites for hydroxylation is 1. The molecule has 0 atom stereocenters. The number of rotatable bonds is 9. The van der Waals surface area contributed by atoms with Gasteiger partial charge in [0, 0.05) is 12.6 Å². The molecule has 0 bridgehead atoms. The summed E-state index contributed by atoms with van der Waals surface area (Å²) in [7, 11) is 1.57. The molecule has 0 fully saturated rings. The molecule has 1 amide bonds. The second-order valence-electron chi connectivity index (χ2n) is 5.68. The van der Waals surface area contributed by atoms with Crippen molar-refractivity contribution in [1.29, 1.82) is 0 Å². The third kappa shape index (κ3) is 4.95. The van der Waals surface area contributed by atoms with E-state index in [1.807, 2.05) is 18.2 Å². The highest BCUT2D eigenvalue weighted by atomic mass is 32.1. The molecule has 1 aromatic carbocycles. The maximum Gasteiger partial charge on any atom is 0.283 e. The van der Waals surface area contributed by atoms with Crippen LogP contribution >= 0.6 is 11.3 Å². The van der Waals surface area contributed by atoms with Gasteiger partial charge in [-0.1, -0.05) is 19.4 Å². The van der Waals surface area contributed by atoms with Gasteiger partial charge in [-0.3, -0.25) is 14.9 Å². The number of carbonyl (C=O) groups is 1. The first-order valence-corrected chi connectivity index (χ1v) is 9.10. The van der Waals surface area contributed by atoms with Gasteiger partial charge in [-0.15, -0.1) is 11.3 Å². The number of ether oxygens (including phenoxy) is 2. The van der Waals surface area contributed by atoms with E-state index in [1.54, 1.807) is 14.0 Å². The summed E-state index contributed by atoms with van der Waals surface area (Å²) in [6.07, 6.45) is 2.01. The summed E-state index contributed by atoms with van der Waals surface area (Å²) in [5.74, 6) is 0.935. The van der Waals surface area contributed by atoms with Crippen molar-refractivity contribution < 1.29 is 19.2 Å². The predicted molar refractivity (Wildman–Crippen MR) is 100 cm³/mol. The molecule has 8 heteroatoms. The van der Waals surface area contributed by atoms with Crippen molar-refractivity contribution in [3.05, 3.63) is 49.7 Å². The lowest BCUT2D eigenvalue weighted by Gasteiger charge is -2.12. The van der Waals surface area contributed by atoms with E-state index in [0.717, 1.165) is 29.7 Å². The van der Waals surface area contributed by atoms with E-state index in [4.69, 9.17) is 9.47 Å². The Kier molecular flexibility index (Phi) is 6.97. The monoisotopic (exact) mass is 378 g/mol. The topological polar surface area (TPSA) is 90.7 Å². The molecule has 0 unspecified atom stereocenters. The fourth-order valence-electron chi connectivity index (χ4n) is 2.30. The Morgan fingerprint density at radius 1 is 1.31 bits per heavy atom. The van der Waals surface area contributed by atoms with Crippen LogP contribution in [0.25, 0.3) is 0 Å². The van der Waals surface area contributed by atoms with Gasteiger partial charge in [0.1, 0.15) is 0 Å². The van der Waals surface area contributed by atoms with Gasteiger partial charge in [0.15, 0.2) is 11.5 Å². The maximum atomic E-state index is 12.2. The predicted octanol–water partition coefficient (Wildman–Crippen LogP) is 4.08. The second kappa shape index (κ2) is 9.19. The normalized spacial score (nSPS) is 10.4. The third-order valence-corrected chi connectivity index (χ3v) is 4.79. The SMILES string of the molecule is CCCCOc1ccc(CNC(=O)c2cc([N+](=O)[O-])c(C)s2)cc1OC. The second-order valence-corrected chi connectivity index (χ2v) is 6.94. The van der Waals surface area contributed by atoms with Crippen molar-refractivity contribution in [3.8, 4) is 11.5 Å². The molecule has 0 saturated carbocycles. The van der Waals surface area contributed by atoms with E-state index >= 15 is 0 Å². The average molecular weight is 378 g/mol. The van der Waals surface area contributed by atoms with Crippen LogP contribution < -0.4 is 14.8 Å². The van der Waals surface area contributed by atoms with E-state index in [9.17, 15) is 14.9 Å². The molecule has 0 aliphatic carbocycles. The highest BCUT2D eigenvalue weighted by Gasteiger charge is 2.19. The molecule has 1 N–H and O–H groups in total. The van der Waals surface area contributed by atoms with Gasteiger partial charge >= 0.3 is 0 Å². The van der Waals surface area contributed by atoms with Crippen molar-refractivity contribution in [2.24, 2.45) is 0 Å². The molecule has 2 rings (SSSR count). The number of unbranched alkanes of at least 4 members (excludes halogenated alkanes) is 1. The molecule has 0 aliphatic rings. The minimum atomic E-state index is -0.481. The lowest BCUT2D eigenvalue weighted by molar-refractivity contribution is -0.385. The van der Waals surface area contributed by atoms with Gasteiger partial charge in [-0.05, 0) is 31.0 Å². The number of thiophene rings is 1. The first kappa shape index (κ1) is 19.7. The van der Waals surface area contributed by atoms with Crippen LogP contribution in [0.3, 0.4) is 0 Å². The molecule has 0 radical (unpaired) electrons.